The van der Waals surface area contributed by atoms with Gasteiger partial charge in [-0.1, -0.05) is 28.7 Å². The first-order chi connectivity index (χ1) is 6.95. The van der Waals surface area contributed by atoms with Crippen molar-refractivity contribution in [3.8, 4) is 0 Å². The van der Waals surface area contributed by atoms with Crippen molar-refractivity contribution in [1.29, 1.82) is 0 Å². The molecule has 80 valence electrons. The highest BCUT2D eigenvalue weighted by Gasteiger charge is 2.21. The molecule has 15 heavy (non-hydrogen) atoms. The number of carboxylic acids is 1. The Morgan fingerprint density at radius 3 is 2.27 bits per heavy atom. The molecule has 0 aliphatic heterocycles. The van der Waals surface area contributed by atoms with Crippen LogP contribution < -0.4 is 0 Å². The van der Waals surface area contributed by atoms with E-state index in [0.29, 0.717) is 0 Å². The van der Waals surface area contributed by atoms with E-state index >= 15 is 0 Å². The summed E-state index contributed by atoms with van der Waals surface area (Å²) in [5.41, 5.74) is 0.370. The monoisotopic (exact) mass is 358 g/mol. The summed E-state index contributed by atoms with van der Waals surface area (Å²) >= 11 is 13.0. The van der Waals surface area contributed by atoms with Gasteiger partial charge in [0.2, 0.25) is 0 Å². The molecule has 0 saturated heterocycles. The Morgan fingerprint density at radius 1 is 1.33 bits per heavy atom. The maximum atomic E-state index is 11.1. The summed E-state index contributed by atoms with van der Waals surface area (Å²) in [6, 6.07) is 4.29. The van der Waals surface area contributed by atoms with Gasteiger partial charge in [-0.15, -0.1) is 11.6 Å². The molecule has 0 fully saturated rings. The Bertz CT molecular complexity index is 386. The van der Waals surface area contributed by atoms with Crippen LogP contribution in [0.4, 0.5) is 0 Å². The Kier molecular flexibility index (Phi) is 4.36. The minimum absolute atomic E-state index is 0.00380. The van der Waals surface area contributed by atoms with E-state index in [1.165, 1.54) is 18.2 Å². The van der Waals surface area contributed by atoms with E-state index in [1.54, 1.807) is 0 Å². The fourth-order valence-corrected chi connectivity index (χ4v) is 2.23. The standard InChI is InChI=1S/C9H5Cl2IO3/c10-7(12)6-4(8(11)13)2-1-3-5(6)9(14)15/h1-3,7H,(H,14,15). The molecule has 0 bridgehead atoms. The first-order valence-electron chi connectivity index (χ1n) is 3.79. The van der Waals surface area contributed by atoms with Crippen molar-refractivity contribution < 1.29 is 14.7 Å². The highest BCUT2D eigenvalue weighted by atomic mass is 127. The summed E-state index contributed by atoms with van der Waals surface area (Å²) in [5, 5.41) is 8.19. The number of carbonyl (C=O) groups excluding carboxylic acids is 1. The van der Waals surface area contributed by atoms with Gasteiger partial charge in [0.25, 0.3) is 5.24 Å². The molecule has 0 amide bonds. The molecule has 0 aliphatic rings. The van der Waals surface area contributed by atoms with E-state index in [1.807, 2.05) is 22.6 Å². The summed E-state index contributed by atoms with van der Waals surface area (Å²) in [6.45, 7) is 0. The zero-order valence-electron chi connectivity index (χ0n) is 7.21. The van der Waals surface area contributed by atoms with Gasteiger partial charge in [0.1, 0.15) is 3.38 Å². The van der Waals surface area contributed by atoms with E-state index in [9.17, 15) is 9.59 Å². The average Bonchev–Trinajstić information content (AvgIpc) is 2.16. The number of aromatic carboxylic acids is 1. The van der Waals surface area contributed by atoms with Crippen molar-refractivity contribution in [2.75, 3.05) is 0 Å². The lowest BCUT2D eigenvalue weighted by molar-refractivity contribution is 0.0696. The topological polar surface area (TPSA) is 54.4 Å². The Labute approximate surface area is 110 Å². The van der Waals surface area contributed by atoms with E-state index in [2.05, 4.69) is 0 Å². The van der Waals surface area contributed by atoms with Crippen molar-refractivity contribution in [2.45, 2.75) is 3.38 Å². The van der Waals surface area contributed by atoms with Crippen LogP contribution in [0.2, 0.25) is 0 Å². The van der Waals surface area contributed by atoms with E-state index in [-0.39, 0.29) is 16.7 Å². The first kappa shape index (κ1) is 12.7. The maximum absolute atomic E-state index is 11.1. The highest BCUT2D eigenvalue weighted by molar-refractivity contribution is 14.1. The minimum Gasteiger partial charge on any atom is -0.478 e. The molecule has 0 heterocycles. The molecular formula is C9H5Cl2IO3. The largest absolute Gasteiger partial charge is 0.478 e. The van der Waals surface area contributed by atoms with Crippen LogP contribution in [0.25, 0.3) is 0 Å². The molecule has 1 rings (SSSR count). The smallest absolute Gasteiger partial charge is 0.336 e. The van der Waals surface area contributed by atoms with Crippen LogP contribution in [0.3, 0.4) is 0 Å². The normalized spacial score (nSPS) is 12.2. The van der Waals surface area contributed by atoms with Crippen molar-refractivity contribution >= 4 is 57.0 Å². The van der Waals surface area contributed by atoms with Gasteiger partial charge in [-0.3, -0.25) is 4.79 Å². The number of alkyl halides is 2. The van der Waals surface area contributed by atoms with Crippen LogP contribution in [0.5, 0.6) is 0 Å². The molecule has 0 aliphatic carbocycles. The molecule has 0 saturated carbocycles. The number of carboxylic acid groups (broad SMARTS) is 1. The van der Waals surface area contributed by atoms with E-state index < -0.39 is 14.6 Å². The summed E-state index contributed by atoms with van der Waals surface area (Å²) < 4.78 is -0.618. The SMILES string of the molecule is O=C(O)c1cccc(C(=O)Cl)c1C(Cl)I. The Morgan fingerprint density at radius 2 is 1.87 bits per heavy atom. The summed E-state index contributed by atoms with van der Waals surface area (Å²) in [4.78, 5) is 21.9. The van der Waals surface area contributed by atoms with Crippen LogP contribution in [0, 0.1) is 0 Å². The molecule has 6 heteroatoms. The van der Waals surface area contributed by atoms with Gasteiger partial charge >= 0.3 is 5.97 Å². The second-order valence-corrected chi connectivity index (χ2v) is 5.41. The third kappa shape index (κ3) is 2.83. The van der Waals surface area contributed by atoms with Gasteiger partial charge in [-0.25, -0.2) is 4.79 Å². The molecule has 1 atom stereocenters. The van der Waals surface area contributed by atoms with Gasteiger partial charge in [0.15, 0.2) is 0 Å². The molecular weight excluding hydrogens is 354 g/mol. The van der Waals surface area contributed by atoms with Gasteiger partial charge in [-0.05, 0) is 23.7 Å². The fraction of sp³-hybridized carbons (Fsp3) is 0.111. The Hall–Kier alpha value is -0.330. The maximum Gasteiger partial charge on any atom is 0.336 e. The number of hydrogen-bond donors (Lipinski definition) is 1. The van der Waals surface area contributed by atoms with Crippen molar-refractivity contribution in [1.82, 2.24) is 0 Å². The zero-order valence-corrected chi connectivity index (χ0v) is 10.9. The van der Waals surface area contributed by atoms with Crippen LogP contribution in [0.15, 0.2) is 18.2 Å². The van der Waals surface area contributed by atoms with Crippen LogP contribution >= 0.6 is 45.8 Å². The fourth-order valence-electron chi connectivity index (χ4n) is 1.16. The predicted octanol–water partition coefficient (Wildman–Crippen LogP) is 3.44. The molecule has 0 spiro atoms. The minimum atomic E-state index is -1.13. The van der Waals surface area contributed by atoms with Gasteiger partial charge in [-0.2, -0.15) is 0 Å². The van der Waals surface area contributed by atoms with Crippen molar-refractivity contribution in [3.63, 3.8) is 0 Å². The summed E-state index contributed by atoms with van der Waals surface area (Å²) in [7, 11) is 0. The van der Waals surface area contributed by atoms with Crippen molar-refractivity contribution in [2.24, 2.45) is 0 Å². The molecule has 1 unspecified atom stereocenters. The third-order valence-electron chi connectivity index (χ3n) is 1.77. The average molecular weight is 359 g/mol. The number of halogens is 3. The zero-order chi connectivity index (χ0) is 11.6. The molecule has 3 nitrogen and oxygen atoms in total. The third-order valence-corrected chi connectivity index (χ3v) is 2.81. The number of carbonyl (C=O) groups is 2. The molecule has 1 aromatic carbocycles. The number of rotatable bonds is 3. The van der Waals surface area contributed by atoms with E-state index in [0.717, 1.165) is 0 Å². The lowest BCUT2D eigenvalue weighted by Gasteiger charge is -2.10. The van der Waals surface area contributed by atoms with E-state index in [4.69, 9.17) is 28.3 Å². The van der Waals surface area contributed by atoms with Crippen LogP contribution in [-0.2, 0) is 0 Å². The van der Waals surface area contributed by atoms with Gasteiger partial charge in [0.05, 0.1) is 5.56 Å². The number of hydrogen-bond acceptors (Lipinski definition) is 2. The molecule has 1 aromatic rings. The predicted molar refractivity (Wildman–Crippen MR) is 66.2 cm³/mol. The molecule has 1 N–H and O–H groups in total. The van der Waals surface area contributed by atoms with Crippen LogP contribution in [0.1, 0.15) is 29.7 Å². The Balaban J connectivity index is 3.48. The first-order valence-corrected chi connectivity index (χ1v) is 5.85. The second kappa shape index (κ2) is 5.14. The van der Waals surface area contributed by atoms with Gasteiger partial charge in [0, 0.05) is 11.1 Å². The summed E-state index contributed by atoms with van der Waals surface area (Å²) in [6.07, 6.45) is 0. The van der Waals surface area contributed by atoms with Gasteiger partial charge < -0.3 is 5.11 Å². The molecule has 0 aromatic heterocycles. The highest BCUT2D eigenvalue weighted by Crippen LogP contribution is 2.33. The van der Waals surface area contributed by atoms with Crippen LogP contribution in [-0.4, -0.2) is 16.3 Å². The second-order valence-electron chi connectivity index (χ2n) is 2.65. The molecule has 0 radical (unpaired) electrons. The lowest BCUT2D eigenvalue weighted by Crippen LogP contribution is -2.07. The number of benzene rings is 1. The quantitative estimate of drug-likeness (QED) is 0.511. The lowest BCUT2D eigenvalue weighted by atomic mass is 10.0. The summed E-state index contributed by atoms with van der Waals surface area (Å²) in [5.74, 6) is -1.13. The van der Waals surface area contributed by atoms with Crippen molar-refractivity contribution in [3.05, 3.63) is 34.9 Å².